The number of hydrogen-bond donors (Lipinski definition) is 1. The number of para-hydroxylation sites is 1. The molecule has 7 atom stereocenters. The number of epoxide rings is 1. The van der Waals surface area contributed by atoms with Gasteiger partial charge in [0.2, 0.25) is 5.91 Å². The average Bonchev–Trinajstić information content (AvgIpc) is 3.36. The smallest absolute Gasteiger partial charge is 0.230 e. The van der Waals surface area contributed by atoms with E-state index in [0.717, 1.165) is 5.56 Å². The minimum atomic E-state index is -1.38. The second-order valence-corrected chi connectivity index (χ2v) is 10.1. The number of Topliss-reactive ketones (excluding diaryl/α,β-unsaturated/α-hetero) is 1. The van der Waals surface area contributed by atoms with Crippen LogP contribution in [0.1, 0.15) is 24.8 Å². The van der Waals surface area contributed by atoms with Gasteiger partial charge in [-0.25, -0.2) is 0 Å². The Morgan fingerprint density at radius 2 is 2.13 bits per heavy atom. The Morgan fingerprint density at radius 3 is 2.94 bits per heavy atom. The van der Waals surface area contributed by atoms with Crippen LogP contribution in [0, 0.1) is 5.92 Å². The van der Waals surface area contributed by atoms with Gasteiger partial charge >= 0.3 is 0 Å². The molecular weight excluding hydrogens is 400 g/mol. The minimum Gasteiger partial charge on any atom is -0.495 e. The molecule has 6 aliphatic heterocycles. The van der Waals surface area contributed by atoms with Gasteiger partial charge in [0.1, 0.15) is 28.8 Å². The molecule has 7 aliphatic rings. The molecule has 2 spiro atoms. The number of ether oxygens (including phenoxy) is 3. The zero-order chi connectivity index (χ0) is 21.3. The summed E-state index contributed by atoms with van der Waals surface area (Å²) < 4.78 is 18.0. The zero-order valence-corrected chi connectivity index (χ0v) is 17.7. The molecule has 7 unspecified atom stereocenters. The molecule has 6 fully saturated rings. The molecular formula is C23H26N2O6. The van der Waals surface area contributed by atoms with Crippen molar-refractivity contribution in [3.63, 3.8) is 0 Å². The van der Waals surface area contributed by atoms with Crippen molar-refractivity contribution in [2.24, 2.45) is 5.92 Å². The van der Waals surface area contributed by atoms with Crippen LogP contribution >= 0.6 is 0 Å². The molecule has 6 heterocycles. The first-order valence-electron chi connectivity index (χ1n) is 11.1. The van der Waals surface area contributed by atoms with Crippen LogP contribution in [-0.2, 0) is 24.5 Å². The third kappa shape index (κ3) is 1.86. The zero-order valence-electron chi connectivity index (χ0n) is 17.7. The fourth-order valence-corrected chi connectivity index (χ4v) is 7.69. The third-order valence-corrected chi connectivity index (χ3v) is 8.99. The number of piperidine rings is 1. The van der Waals surface area contributed by atoms with Crippen LogP contribution < -0.4 is 9.64 Å². The molecule has 8 rings (SSSR count). The maximum Gasteiger partial charge on any atom is 0.230 e. The monoisotopic (exact) mass is 426 g/mol. The number of anilines is 1. The van der Waals surface area contributed by atoms with Crippen molar-refractivity contribution in [3.8, 4) is 5.75 Å². The van der Waals surface area contributed by atoms with Gasteiger partial charge in [0.05, 0.1) is 43.4 Å². The Balaban J connectivity index is 1.56. The molecule has 1 aromatic carbocycles. The van der Waals surface area contributed by atoms with Crippen molar-refractivity contribution in [1.29, 1.82) is 0 Å². The second-order valence-electron chi connectivity index (χ2n) is 10.1. The van der Waals surface area contributed by atoms with Crippen LogP contribution in [0.2, 0.25) is 0 Å². The highest BCUT2D eigenvalue weighted by molar-refractivity contribution is 6.08. The number of benzene rings is 1. The van der Waals surface area contributed by atoms with E-state index in [4.69, 9.17) is 14.2 Å². The maximum atomic E-state index is 14.1. The van der Waals surface area contributed by atoms with Crippen LogP contribution in [0.4, 0.5) is 5.69 Å². The van der Waals surface area contributed by atoms with Crippen molar-refractivity contribution in [2.75, 3.05) is 38.8 Å². The number of carbonyl (C=O) groups excluding carboxylic acids is 2. The fraction of sp³-hybridized carbons (Fsp3) is 0.652. The number of carbonyl (C=O) groups is 2. The van der Waals surface area contributed by atoms with Gasteiger partial charge in [0.15, 0.2) is 0 Å². The molecule has 1 saturated carbocycles. The highest BCUT2D eigenvalue weighted by atomic mass is 16.7. The second kappa shape index (κ2) is 5.49. The van der Waals surface area contributed by atoms with E-state index >= 15 is 0 Å². The number of fused-ring (bicyclic) bond motifs is 6. The number of likely N-dealkylation sites (N-methyl/N-ethyl adjacent to an activating group) is 1. The van der Waals surface area contributed by atoms with Gasteiger partial charge in [-0.1, -0.05) is 12.1 Å². The standard InChI is InChI=1S/C23H26N2O6/c1-24-7-6-21-12-4-3-5-13(29-2)19(12)25-17(27)8-14-18(20(21)25)22(28,9-15(21)26)23(11-24)16(31-23)10-30-14/h3-5,14,16,18,20,28H,6-11H2,1-2H3. The first-order valence-corrected chi connectivity index (χ1v) is 11.1. The first kappa shape index (κ1) is 18.6. The van der Waals surface area contributed by atoms with Gasteiger partial charge in [-0.2, -0.15) is 0 Å². The molecule has 0 radical (unpaired) electrons. The minimum absolute atomic E-state index is 0.00692. The molecule has 8 heteroatoms. The molecule has 1 N–H and O–H groups in total. The van der Waals surface area contributed by atoms with Crippen molar-refractivity contribution in [2.45, 2.75) is 54.1 Å². The predicted octanol–water partition coefficient (Wildman–Crippen LogP) is 0.244. The largest absolute Gasteiger partial charge is 0.495 e. The maximum absolute atomic E-state index is 14.1. The number of rotatable bonds is 1. The van der Waals surface area contributed by atoms with Crippen LogP contribution in [0.3, 0.4) is 0 Å². The number of amides is 1. The first-order chi connectivity index (χ1) is 14.9. The van der Waals surface area contributed by atoms with E-state index < -0.39 is 34.7 Å². The number of ketones is 1. The van der Waals surface area contributed by atoms with E-state index in [0.29, 0.717) is 37.6 Å². The number of aliphatic hydroxyl groups is 1. The molecule has 4 bridgehead atoms. The molecule has 5 saturated heterocycles. The van der Waals surface area contributed by atoms with Gasteiger partial charge in [-0.15, -0.1) is 0 Å². The molecule has 31 heavy (non-hydrogen) atoms. The van der Waals surface area contributed by atoms with E-state index in [2.05, 4.69) is 4.90 Å². The lowest BCUT2D eigenvalue weighted by Crippen LogP contribution is -2.74. The summed E-state index contributed by atoms with van der Waals surface area (Å²) in [6, 6.07) is 5.19. The Labute approximate surface area is 180 Å². The lowest BCUT2D eigenvalue weighted by atomic mass is 9.52. The van der Waals surface area contributed by atoms with Crippen molar-refractivity contribution in [1.82, 2.24) is 4.90 Å². The van der Waals surface area contributed by atoms with Crippen molar-refractivity contribution in [3.05, 3.63) is 23.8 Å². The van der Waals surface area contributed by atoms with Gasteiger partial charge in [0, 0.05) is 18.9 Å². The predicted molar refractivity (Wildman–Crippen MR) is 108 cm³/mol. The van der Waals surface area contributed by atoms with E-state index in [9.17, 15) is 14.7 Å². The molecule has 1 aliphatic carbocycles. The quantitative estimate of drug-likeness (QED) is 0.644. The Morgan fingerprint density at radius 1 is 1.29 bits per heavy atom. The van der Waals surface area contributed by atoms with Crippen molar-refractivity contribution >= 4 is 17.4 Å². The molecule has 164 valence electrons. The molecule has 0 aromatic heterocycles. The van der Waals surface area contributed by atoms with Gasteiger partial charge in [-0.05, 0) is 31.6 Å². The number of hydrogen-bond acceptors (Lipinski definition) is 7. The third-order valence-electron chi connectivity index (χ3n) is 8.99. The molecule has 1 aromatic rings. The summed E-state index contributed by atoms with van der Waals surface area (Å²) in [6.45, 7) is 1.57. The average molecular weight is 426 g/mol. The lowest BCUT2D eigenvalue weighted by Gasteiger charge is -2.57. The normalized spacial score (nSPS) is 47.1. The van der Waals surface area contributed by atoms with Crippen LogP contribution in [0.25, 0.3) is 0 Å². The van der Waals surface area contributed by atoms with Crippen LogP contribution in [0.5, 0.6) is 5.75 Å². The summed E-state index contributed by atoms with van der Waals surface area (Å²) in [4.78, 5) is 31.5. The van der Waals surface area contributed by atoms with E-state index in [1.807, 2.05) is 25.2 Å². The number of nitrogens with zero attached hydrogens (tertiary/aromatic N) is 2. The summed E-state index contributed by atoms with van der Waals surface area (Å²) >= 11 is 0. The Kier molecular flexibility index (Phi) is 3.28. The highest BCUT2D eigenvalue weighted by Crippen LogP contribution is 2.67. The SMILES string of the molecule is COc1cccc2c1N1C(=O)CC3OCC4OC45CN(C)CCC24C(=O)CC5(O)C3C14. The van der Waals surface area contributed by atoms with Crippen LogP contribution in [0.15, 0.2) is 18.2 Å². The lowest BCUT2D eigenvalue weighted by molar-refractivity contribution is -0.182. The van der Waals surface area contributed by atoms with E-state index in [-0.39, 0.29) is 30.6 Å². The molecule has 1 amide bonds. The highest BCUT2D eigenvalue weighted by Gasteiger charge is 2.81. The van der Waals surface area contributed by atoms with Crippen molar-refractivity contribution < 1.29 is 28.9 Å². The molecule has 8 nitrogen and oxygen atoms in total. The van der Waals surface area contributed by atoms with Crippen LogP contribution in [-0.4, -0.2) is 85.0 Å². The van der Waals surface area contributed by atoms with Gasteiger partial charge in [-0.3, -0.25) is 9.59 Å². The Hall–Kier alpha value is -2.00. The summed E-state index contributed by atoms with van der Waals surface area (Å²) in [5, 5.41) is 12.3. The van der Waals surface area contributed by atoms with Gasteiger partial charge in [0.25, 0.3) is 0 Å². The summed E-state index contributed by atoms with van der Waals surface area (Å²) in [6.07, 6.45) is 0.104. The topological polar surface area (TPSA) is 91.8 Å². The van der Waals surface area contributed by atoms with E-state index in [1.54, 1.807) is 12.0 Å². The summed E-state index contributed by atoms with van der Waals surface area (Å²) in [5.41, 5.74) is -1.56. The summed E-state index contributed by atoms with van der Waals surface area (Å²) in [7, 11) is 3.60. The van der Waals surface area contributed by atoms with E-state index in [1.165, 1.54) is 0 Å². The fourth-order valence-electron chi connectivity index (χ4n) is 7.69. The number of methoxy groups -OCH3 is 1. The van der Waals surface area contributed by atoms with Gasteiger partial charge < -0.3 is 29.1 Å². The summed E-state index contributed by atoms with van der Waals surface area (Å²) in [5.74, 6) is 0.102. The Bertz CT molecular complexity index is 1040.